The normalized spacial score (nSPS) is 11.8. The lowest BCUT2D eigenvalue weighted by Gasteiger charge is -2.07. The molecule has 92 valence electrons. The van der Waals surface area contributed by atoms with Gasteiger partial charge in [-0.2, -0.15) is 5.26 Å². The van der Waals surface area contributed by atoms with Gasteiger partial charge in [-0.1, -0.05) is 6.07 Å². The summed E-state index contributed by atoms with van der Waals surface area (Å²) in [5.41, 5.74) is 1.34. The molecular formula is C13H11NO2S2. The smallest absolute Gasteiger partial charge is 0.123 e. The van der Waals surface area contributed by atoms with E-state index >= 15 is 0 Å². The zero-order valence-corrected chi connectivity index (χ0v) is 11.4. The van der Waals surface area contributed by atoms with E-state index in [1.165, 1.54) is 11.3 Å². The zero-order chi connectivity index (χ0) is 13.0. The molecule has 0 aliphatic heterocycles. The van der Waals surface area contributed by atoms with Crippen molar-refractivity contribution in [3.05, 3.63) is 46.8 Å². The number of ether oxygens (including phenoxy) is 1. The molecule has 2 rings (SSSR count). The van der Waals surface area contributed by atoms with Crippen LogP contribution in [-0.4, -0.2) is 11.3 Å². The molecule has 0 bridgehead atoms. The predicted octanol–water partition coefficient (Wildman–Crippen LogP) is 2.94. The van der Waals surface area contributed by atoms with Crippen LogP contribution in [-0.2, 0) is 16.6 Å². The summed E-state index contributed by atoms with van der Waals surface area (Å²) in [7, 11) is 0.472. The van der Waals surface area contributed by atoms with Crippen molar-refractivity contribution in [3.8, 4) is 11.8 Å². The molecule has 0 aliphatic rings. The van der Waals surface area contributed by atoms with Crippen LogP contribution in [0.5, 0.6) is 5.75 Å². The summed E-state index contributed by atoms with van der Waals surface area (Å²) in [5.74, 6) is 1.03. The molecule has 0 radical (unpaired) electrons. The minimum atomic E-state index is -1.10. The third-order valence-electron chi connectivity index (χ3n) is 2.42. The Kier molecular flexibility index (Phi) is 4.13. The van der Waals surface area contributed by atoms with Gasteiger partial charge in [0.15, 0.2) is 0 Å². The Morgan fingerprint density at radius 3 is 2.89 bits per heavy atom. The molecule has 0 N–H and O–H groups in total. The molecule has 1 atom stereocenters. The van der Waals surface area contributed by atoms with Crippen LogP contribution in [0.25, 0.3) is 0 Å². The van der Waals surface area contributed by atoms with E-state index in [-0.39, 0.29) is 0 Å². The highest BCUT2D eigenvalue weighted by Gasteiger charge is 2.11. The third kappa shape index (κ3) is 2.78. The molecule has 1 aromatic carbocycles. The highest BCUT2D eigenvalue weighted by molar-refractivity contribution is 7.86. The summed E-state index contributed by atoms with van der Waals surface area (Å²) >= 11 is 1.47. The van der Waals surface area contributed by atoms with E-state index in [2.05, 4.69) is 6.07 Å². The maximum absolute atomic E-state index is 12.1. The van der Waals surface area contributed by atoms with Gasteiger partial charge >= 0.3 is 0 Å². The summed E-state index contributed by atoms with van der Waals surface area (Å²) in [6.07, 6.45) is 0. The molecule has 0 saturated heterocycles. The fraction of sp³-hybridized carbons (Fsp3) is 0.154. The average molecular weight is 277 g/mol. The van der Waals surface area contributed by atoms with Gasteiger partial charge < -0.3 is 4.74 Å². The van der Waals surface area contributed by atoms with Gasteiger partial charge in [-0.15, -0.1) is 11.3 Å². The summed E-state index contributed by atoms with van der Waals surface area (Å²) in [4.78, 5) is 0. The van der Waals surface area contributed by atoms with Crippen LogP contribution < -0.4 is 4.74 Å². The highest BCUT2D eigenvalue weighted by Crippen LogP contribution is 2.24. The van der Waals surface area contributed by atoms with E-state index in [4.69, 9.17) is 10.00 Å². The lowest BCUT2D eigenvalue weighted by Crippen LogP contribution is -1.98. The van der Waals surface area contributed by atoms with Gasteiger partial charge in [0.25, 0.3) is 0 Å². The first-order valence-electron chi connectivity index (χ1n) is 5.23. The van der Waals surface area contributed by atoms with Crippen molar-refractivity contribution in [2.75, 3.05) is 7.11 Å². The Morgan fingerprint density at radius 1 is 1.44 bits per heavy atom. The zero-order valence-electron chi connectivity index (χ0n) is 9.75. The van der Waals surface area contributed by atoms with Crippen molar-refractivity contribution in [3.63, 3.8) is 0 Å². The van der Waals surface area contributed by atoms with E-state index in [0.717, 1.165) is 9.77 Å². The quantitative estimate of drug-likeness (QED) is 0.863. The van der Waals surface area contributed by atoms with Gasteiger partial charge in [-0.05, 0) is 29.6 Å². The van der Waals surface area contributed by atoms with E-state index in [9.17, 15) is 4.21 Å². The van der Waals surface area contributed by atoms with Crippen molar-refractivity contribution in [1.29, 1.82) is 5.26 Å². The highest BCUT2D eigenvalue weighted by atomic mass is 32.2. The number of rotatable bonds is 4. The third-order valence-corrected chi connectivity index (χ3v) is 5.08. The standard InChI is InChI=1S/C13H11NO2S2/c1-16-12-5-4-10(8-14)7-11(12)9-18(15)13-3-2-6-17-13/h2-7H,9H2,1H3. The molecule has 18 heavy (non-hydrogen) atoms. The fourth-order valence-electron chi connectivity index (χ4n) is 1.57. The molecule has 0 aliphatic carbocycles. The van der Waals surface area contributed by atoms with E-state index < -0.39 is 10.8 Å². The monoisotopic (exact) mass is 277 g/mol. The van der Waals surface area contributed by atoms with Crippen LogP contribution in [0.3, 0.4) is 0 Å². The molecule has 0 saturated carbocycles. The molecular weight excluding hydrogens is 266 g/mol. The molecule has 0 spiro atoms. The van der Waals surface area contributed by atoms with Crippen LogP contribution in [0.4, 0.5) is 0 Å². The Balaban J connectivity index is 2.28. The van der Waals surface area contributed by atoms with Crippen LogP contribution in [0.1, 0.15) is 11.1 Å². The van der Waals surface area contributed by atoms with Crippen LogP contribution in [0.15, 0.2) is 39.9 Å². The van der Waals surface area contributed by atoms with Crippen LogP contribution >= 0.6 is 11.3 Å². The molecule has 1 unspecified atom stereocenters. The number of hydrogen-bond acceptors (Lipinski definition) is 4. The van der Waals surface area contributed by atoms with Gasteiger partial charge in [0.1, 0.15) is 5.75 Å². The largest absolute Gasteiger partial charge is 0.496 e. The van der Waals surface area contributed by atoms with Crippen LogP contribution in [0, 0.1) is 11.3 Å². The maximum atomic E-state index is 12.1. The molecule has 5 heteroatoms. The van der Waals surface area contributed by atoms with Crippen molar-refractivity contribution in [2.24, 2.45) is 0 Å². The average Bonchev–Trinajstić information content (AvgIpc) is 2.92. The SMILES string of the molecule is COc1ccc(C#N)cc1CS(=O)c1cccs1. The second kappa shape index (κ2) is 5.80. The first kappa shape index (κ1) is 12.8. The summed E-state index contributed by atoms with van der Waals surface area (Å²) in [6, 6.07) is 11.0. The van der Waals surface area contributed by atoms with Gasteiger partial charge in [0.2, 0.25) is 0 Å². The van der Waals surface area contributed by atoms with Gasteiger partial charge in [-0.3, -0.25) is 4.21 Å². The number of benzene rings is 1. The van der Waals surface area contributed by atoms with Crippen LogP contribution in [0.2, 0.25) is 0 Å². The minimum Gasteiger partial charge on any atom is -0.496 e. The van der Waals surface area contributed by atoms with E-state index in [1.54, 1.807) is 25.3 Å². The van der Waals surface area contributed by atoms with Crippen molar-refractivity contribution in [1.82, 2.24) is 0 Å². The van der Waals surface area contributed by atoms with Gasteiger partial charge in [-0.25, -0.2) is 0 Å². The first-order chi connectivity index (χ1) is 8.74. The second-order valence-corrected chi connectivity index (χ2v) is 6.19. The van der Waals surface area contributed by atoms with E-state index in [0.29, 0.717) is 17.1 Å². The summed E-state index contributed by atoms with van der Waals surface area (Å²) in [5, 5.41) is 10.8. The number of nitrogens with zero attached hydrogens (tertiary/aromatic N) is 1. The molecule has 3 nitrogen and oxygen atoms in total. The Bertz CT molecular complexity index is 600. The lowest BCUT2D eigenvalue weighted by molar-refractivity contribution is 0.411. The second-order valence-electron chi connectivity index (χ2n) is 3.56. The van der Waals surface area contributed by atoms with Gasteiger partial charge in [0.05, 0.1) is 39.5 Å². The van der Waals surface area contributed by atoms with Gasteiger partial charge in [0, 0.05) is 5.56 Å². The number of hydrogen-bond donors (Lipinski definition) is 0. The number of methoxy groups -OCH3 is 1. The maximum Gasteiger partial charge on any atom is 0.123 e. The molecule has 2 aromatic rings. The Labute approximate surface area is 112 Å². The molecule has 1 heterocycles. The lowest BCUT2D eigenvalue weighted by atomic mass is 10.1. The molecule has 1 aromatic heterocycles. The Hall–Kier alpha value is -1.64. The molecule has 0 amide bonds. The van der Waals surface area contributed by atoms with Crippen molar-refractivity contribution < 1.29 is 8.95 Å². The van der Waals surface area contributed by atoms with Crippen molar-refractivity contribution in [2.45, 2.75) is 9.96 Å². The van der Waals surface area contributed by atoms with Crippen molar-refractivity contribution >= 4 is 22.1 Å². The minimum absolute atomic E-state index is 0.360. The molecule has 0 fully saturated rings. The predicted molar refractivity (Wildman–Crippen MR) is 72.1 cm³/mol. The first-order valence-corrected chi connectivity index (χ1v) is 7.43. The fourth-order valence-corrected chi connectivity index (χ4v) is 3.67. The van der Waals surface area contributed by atoms with E-state index in [1.807, 2.05) is 17.5 Å². The number of thiophene rings is 1. The number of nitriles is 1. The summed E-state index contributed by atoms with van der Waals surface area (Å²) in [6.45, 7) is 0. The topological polar surface area (TPSA) is 50.1 Å². The summed E-state index contributed by atoms with van der Waals surface area (Å²) < 4.78 is 18.2. The Morgan fingerprint density at radius 2 is 2.28 bits per heavy atom.